The number of carbonyl (C=O) groups excluding carboxylic acids is 2. The van der Waals surface area contributed by atoms with Crippen LogP contribution in [0.3, 0.4) is 0 Å². The third-order valence-electron chi connectivity index (χ3n) is 5.38. The van der Waals surface area contributed by atoms with Gasteiger partial charge in [-0.25, -0.2) is 0 Å². The zero-order valence-corrected chi connectivity index (χ0v) is 20.2. The second-order valence-electron chi connectivity index (χ2n) is 8.69. The molecule has 3 aromatic rings. The molecule has 0 radical (unpaired) electrons. The lowest BCUT2D eigenvalue weighted by Crippen LogP contribution is -2.52. The highest BCUT2D eigenvalue weighted by atomic mass is 35.5. The molecule has 3 rings (SSSR count). The highest BCUT2D eigenvalue weighted by Gasteiger charge is 2.30. The Kier molecular flexibility index (Phi) is 8.67. The maximum absolute atomic E-state index is 13.6. The molecule has 0 spiro atoms. The van der Waals surface area contributed by atoms with Crippen LogP contribution in [0.15, 0.2) is 78.9 Å². The second kappa shape index (κ2) is 11.7. The molecular weight excluding hydrogens is 432 g/mol. The average molecular weight is 463 g/mol. The molecule has 2 amide bonds. The van der Waals surface area contributed by atoms with Gasteiger partial charge in [0.2, 0.25) is 11.8 Å². The van der Waals surface area contributed by atoms with Crippen LogP contribution < -0.4 is 5.32 Å². The molecule has 33 heavy (non-hydrogen) atoms. The summed E-state index contributed by atoms with van der Waals surface area (Å²) in [6.45, 7) is 6.23. The Morgan fingerprint density at radius 2 is 1.55 bits per heavy atom. The fourth-order valence-electron chi connectivity index (χ4n) is 3.86. The van der Waals surface area contributed by atoms with Crippen LogP contribution in [0.25, 0.3) is 0 Å². The fraction of sp³-hybridized carbons (Fsp3) is 0.286. The molecule has 0 bridgehead atoms. The molecule has 0 aliphatic heterocycles. The minimum Gasteiger partial charge on any atom is -0.352 e. The van der Waals surface area contributed by atoms with Gasteiger partial charge in [0.05, 0.1) is 6.42 Å². The lowest BCUT2D eigenvalue weighted by molar-refractivity contribution is -0.141. The highest BCUT2D eigenvalue weighted by molar-refractivity contribution is 6.30. The van der Waals surface area contributed by atoms with Crippen molar-refractivity contribution in [2.45, 2.75) is 52.2 Å². The molecular formula is C28H31ClN2O2. The first-order valence-electron chi connectivity index (χ1n) is 11.3. The van der Waals surface area contributed by atoms with Crippen LogP contribution in [0.2, 0.25) is 5.02 Å². The van der Waals surface area contributed by atoms with Crippen LogP contribution in [0.1, 0.15) is 36.1 Å². The van der Waals surface area contributed by atoms with Gasteiger partial charge < -0.3 is 10.2 Å². The Hall–Kier alpha value is -3.11. The number of aryl methyl sites for hydroxylation is 1. The Morgan fingerprint density at radius 3 is 2.21 bits per heavy atom. The molecule has 0 aliphatic rings. The van der Waals surface area contributed by atoms with E-state index >= 15 is 0 Å². The van der Waals surface area contributed by atoms with Gasteiger partial charge in [0.25, 0.3) is 0 Å². The minimum atomic E-state index is -0.637. The van der Waals surface area contributed by atoms with Crippen LogP contribution in [0.5, 0.6) is 0 Å². The van der Waals surface area contributed by atoms with E-state index in [1.54, 1.807) is 17.0 Å². The van der Waals surface area contributed by atoms with Crippen LogP contribution in [-0.2, 0) is 29.0 Å². The van der Waals surface area contributed by atoms with Gasteiger partial charge in [0.15, 0.2) is 0 Å². The van der Waals surface area contributed by atoms with Crippen LogP contribution in [0.4, 0.5) is 0 Å². The molecule has 0 saturated carbocycles. The number of carbonyl (C=O) groups is 2. The van der Waals surface area contributed by atoms with Crippen molar-refractivity contribution >= 4 is 23.4 Å². The van der Waals surface area contributed by atoms with E-state index in [2.05, 4.69) is 11.4 Å². The summed E-state index contributed by atoms with van der Waals surface area (Å²) in [4.78, 5) is 28.7. The van der Waals surface area contributed by atoms with Gasteiger partial charge in [-0.15, -0.1) is 0 Å². The molecule has 0 heterocycles. The Balaban J connectivity index is 1.97. The Labute approximate surface area is 201 Å². The van der Waals surface area contributed by atoms with Crippen LogP contribution in [0, 0.1) is 6.92 Å². The van der Waals surface area contributed by atoms with Gasteiger partial charge in [-0.1, -0.05) is 83.9 Å². The zero-order chi connectivity index (χ0) is 23.8. The SMILES string of the molecule is Cc1cccc(CN(C(=O)Cc2cccc(Cl)c2)C(Cc2ccccc2)C(=O)NC(C)C)c1. The molecule has 0 fully saturated rings. The van der Waals surface area contributed by atoms with Gasteiger partial charge in [-0.2, -0.15) is 0 Å². The van der Waals surface area contributed by atoms with Gasteiger partial charge in [-0.05, 0) is 49.6 Å². The molecule has 4 nitrogen and oxygen atoms in total. The van der Waals surface area contributed by atoms with Gasteiger partial charge in [0.1, 0.15) is 6.04 Å². The van der Waals surface area contributed by atoms with Crippen molar-refractivity contribution in [2.75, 3.05) is 0 Å². The molecule has 1 atom stereocenters. The quantitative estimate of drug-likeness (QED) is 0.465. The largest absolute Gasteiger partial charge is 0.352 e. The standard InChI is InChI=1S/C28H31ClN2O2/c1-20(2)30-28(33)26(17-22-10-5-4-6-11-22)31(19-24-13-7-9-21(3)15-24)27(32)18-23-12-8-14-25(29)16-23/h4-16,20,26H,17-19H2,1-3H3,(H,30,33). The maximum atomic E-state index is 13.6. The predicted octanol–water partition coefficient (Wildman–Crippen LogP) is 5.36. The van der Waals surface area contributed by atoms with E-state index in [-0.39, 0.29) is 24.3 Å². The molecule has 0 aliphatic carbocycles. The molecule has 1 N–H and O–H groups in total. The van der Waals surface area contributed by atoms with Gasteiger partial charge >= 0.3 is 0 Å². The number of hydrogen-bond acceptors (Lipinski definition) is 2. The Bertz CT molecular complexity index is 1080. The minimum absolute atomic E-state index is 0.0281. The molecule has 3 aromatic carbocycles. The van der Waals surface area contributed by atoms with Crippen molar-refractivity contribution in [2.24, 2.45) is 0 Å². The summed E-state index contributed by atoms with van der Waals surface area (Å²) in [5.41, 5.74) is 3.93. The lowest BCUT2D eigenvalue weighted by atomic mass is 10.0. The van der Waals surface area contributed by atoms with E-state index in [1.165, 1.54) is 0 Å². The van der Waals surface area contributed by atoms with Crippen molar-refractivity contribution in [3.05, 3.63) is 106 Å². The highest BCUT2D eigenvalue weighted by Crippen LogP contribution is 2.18. The summed E-state index contributed by atoms with van der Waals surface area (Å²) in [7, 11) is 0. The number of rotatable bonds is 9. The number of hydrogen-bond donors (Lipinski definition) is 1. The number of halogens is 1. The van der Waals surface area contributed by atoms with E-state index < -0.39 is 6.04 Å². The maximum Gasteiger partial charge on any atom is 0.243 e. The first-order valence-corrected chi connectivity index (χ1v) is 11.6. The molecule has 172 valence electrons. The van der Waals surface area contributed by atoms with Crippen LogP contribution in [-0.4, -0.2) is 28.8 Å². The predicted molar refractivity (Wildman–Crippen MR) is 134 cm³/mol. The summed E-state index contributed by atoms with van der Waals surface area (Å²) in [5, 5.41) is 3.60. The summed E-state index contributed by atoms with van der Waals surface area (Å²) < 4.78 is 0. The third-order valence-corrected chi connectivity index (χ3v) is 5.62. The molecule has 0 aromatic heterocycles. The third kappa shape index (κ3) is 7.47. The summed E-state index contributed by atoms with van der Waals surface area (Å²) >= 11 is 6.14. The van der Waals surface area contributed by atoms with Gasteiger partial charge in [-0.3, -0.25) is 9.59 Å². The number of amides is 2. The number of nitrogens with zero attached hydrogens (tertiary/aromatic N) is 1. The van der Waals surface area contributed by atoms with E-state index in [9.17, 15) is 9.59 Å². The van der Waals surface area contributed by atoms with Crippen molar-refractivity contribution in [3.8, 4) is 0 Å². The average Bonchev–Trinajstić information content (AvgIpc) is 2.76. The van der Waals surface area contributed by atoms with E-state index in [0.717, 1.165) is 22.3 Å². The van der Waals surface area contributed by atoms with E-state index in [4.69, 9.17) is 11.6 Å². The Morgan fingerprint density at radius 1 is 0.879 bits per heavy atom. The smallest absolute Gasteiger partial charge is 0.243 e. The number of benzene rings is 3. The topological polar surface area (TPSA) is 49.4 Å². The van der Waals surface area contributed by atoms with Crippen molar-refractivity contribution in [1.82, 2.24) is 10.2 Å². The first-order chi connectivity index (χ1) is 15.8. The monoisotopic (exact) mass is 462 g/mol. The summed E-state index contributed by atoms with van der Waals surface area (Å²) in [5.74, 6) is -0.264. The van der Waals surface area contributed by atoms with Gasteiger partial charge in [0, 0.05) is 24.0 Å². The van der Waals surface area contributed by atoms with E-state index in [0.29, 0.717) is 18.0 Å². The first kappa shape index (κ1) is 24.5. The normalized spacial score (nSPS) is 11.8. The fourth-order valence-corrected chi connectivity index (χ4v) is 4.08. The molecule has 5 heteroatoms. The van der Waals surface area contributed by atoms with Crippen LogP contribution >= 0.6 is 11.6 Å². The number of nitrogens with one attached hydrogen (secondary N) is 1. The van der Waals surface area contributed by atoms with Crippen molar-refractivity contribution in [1.29, 1.82) is 0 Å². The van der Waals surface area contributed by atoms with Crippen molar-refractivity contribution < 1.29 is 9.59 Å². The molecule has 1 unspecified atom stereocenters. The lowest BCUT2D eigenvalue weighted by Gasteiger charge is -2.32. The summed E-state index contributed by atoms with van der Waals surface area (Å²) in [6.07, 6.45) is 0.610. The summed E-state index contributed by atoms with van der Waals surface area (Å²) in [6, 6.07) is 24.5. The second-order valence-corrected chi connectivity index (χ2v) is 9.12. The molecule has 0 saturated heterocycles. The van der Waals surface area contributed by atoms with E-state index in [1.807, 2.05) is 81.4 Å². The van der Waals surface area contributed by atoms with Crippen molar-refractivity contribution in [3.63, 3.8) is 0 Å². The zero-order valence-electron chi connectivity index (χ0n) is 19.4.